The first kappa shape index (κ1) is 14.2. The van der Waals surface area contributed by atoms with E-state index < -0.39 is 0 Å². The normalized spacial score (nSPS) is 10.2. The van der Waals surface area contributed by atoms with E-state index in [1.54, 1.807) is 11.8 Å². The van der Waals surface area contributed by atoms with Crippen molar-refractivity contribution in [2.45, 2.75) is 4.90 Å². The van der Waals surface area contributed by atoms with Crippen LogP contribution in [0.4, 0.5) is 5.69 Å². The van der Waals surface area contributed by atoms with Gasteiger partial charge in [0, 0.05) is 21.0 Å². The summed E-state index contributed by atoms with van der Waals surface area (Å²) in [5.74, 6) is 0.432. The summed E-state index contributed by atoms with van der Waals surface area (Å²) in [7, 11) is 1.39. The summed E-state index contributed by atoms with van der Waals surface area (Å²) in [5.41, 5.74) is 1.01. The molecule has 0 fully saturated rings. The van der Waals surface area contributed by atoms with Crippen molar-refractivity contribution in [1.29, 1.82) is 0 Å². The lowest BCUT2D eigenvalue weighted by Gasteiger charge is -2.04. The van der Waals surface area contributed by atoms with E-state index in [1.807, 2.05) is 35.7 Å². The number of rotatable bonds is 5. The first-order chi connectivity index (χ1) is 9.19. The fourth-order valence-electron chi connectivity index (χ4n) is 1.37. The molecule has 0 aliphatic rings. The van der Waals surface area contributed by atoms with Crippen molar-refractivity contribution in [3.05, 3.63) is 45.6 Å². The van der Waals surface area contributed by atoms with Crippen LogP contribution in [0.25, 0.3) is 0 Å². The Morgan fingerprint density at radius 3 is 2.84 bits per heavy atom. The number of carbonyl (C=O) groups excluding carboxylic acids is 1. The average Bonchev–Trinajstić information content (AvgIpc) is 2.89. The number of hydrogen-bond acceptors (Lipinski definition) is 5. The second kappa shape index (κ2) is 6.84. The lowest BCUT2D eigenvalue weighted by atomic mass is 10.3. The smallest absolute Gasteiger partial charge is 0.348 e. The zero-order valence-corrected chi connectivity index (χ0v) is 12.6. The van der Waals surface area contributed by atoms with Gasteiger partial charge in [0.1, 0.15) is 4.88 Å². The molecule has 0 spiro atoms. The monoisotopic (exact) mass is 313 g/mol. The van der Waals surface area contributed by atoms with E-state index in [0.29, 0.717) is 4.88 Å². The van der Waals surface area contributed by atoms with Gasteiger partial charge in [-0.3, -0.25) is 0 Å². The molecule has 3 nitrogen and oxygen atoms in total. The third-order valence-corrected chi connectivity index (χ3v) is 4.49. The van der Waals surface area contributed by atoms with Crippen LogP contribution < -0.4 is 5.32 Å². The van der Waals surface area contributed by atoms with Gasteiger partial charge in [0.2, 0.25) is 0 Å². The minimum absolute atomic E-state index is 0.289. The second-order valence-corrected chi connectivity index (χ2v) is 6.01. The van der Waals surface area contributed by atoms with Crippen LogP contribution >= 0.6 is 34.7 Å². The van der Waals surface area contributed by atoms with Crippen LogP contribution in [0.1, 0.15) is 9.67 Å². The number of thiophene rings is 1. The van der Waals surface area contributed by atoms with Crippen LogP contribution in [-0.4, -0.2) is 19.0 Å². The average molecular weight is 314 g/mol. The van der Waals surface area contributed by atoms with E-state index in [1.165, 1.54) is 18.4 Å². The van der Waals surface area contributed by atoms with Crippen molar-refractivity contribution >= 4 is 46.4 Å². The van der Waals surface area contributed by atoms with Gasteiger partial charge in [-0.1, -0.05) is 11.6 Å². The maximum absolute atomic E-state index is 11.3. The van der Waals surface area contributed by atoms with Gasteiger partial charge >= 0.3 is 5.97 Å². The van der Waals surface area contributed by atoms with Crippen molar-refractivity contribution in [2.75, 3.05) is 18.3 Å². The van der Waals surface area contributed by atoms with Crippen molar-refractivity contribution in [3.8, 4) is 0 Å². The molecule has 6 heteroatoms. The summed E-state index contributed by atoms with van der Waals surface area (Å²) in [6.45, 7) is 0. The minimum atomic E-state index is -0.289. The Hall–Kier alpha value is -1.17. The topological polar surface area (TPSA) is 38.3 Å². The summed E-state index contributed by atoms with van der Waals surface area (Å²) < 4.78 is 4.67. The molecule has 0 amide bonds. The van der Waals surface area contributed by atoms with Gasteiger partial charge in [0.05, 0.1) is 13.0 Å². The molecule has 2 aromatic rings. The van der Waals surface area contributed by atoms with Gasteiger partial charge in [0.25, 0.3) is 0 Å². The molecule has 19 heavy (non-hydrogen) atoms. The van der Waals surface area contributed by atoms with Crippen LogP contribution in [0.15, 0.2) is 40.6 Å². The molecule has 0 saturated carbocycles. The fourth-order valence-corrected chi connectivity index (χ4v) is 3.28. The molecule has 0 aliphatic carbocycles. The van der Waals surface area contributed by atoms with Crippen LogP contribution in [0.5, 0.6) is 0 Å². The summed E-state index contributed by atoms with van der Waals surface area (Å²) in [5, 5.41) is 5.93. The second-order valence-electron chi connectivity index (χ2n) is 3.61. The first-order valence-corrected chi connectivity index (χ1v) is 7.72. The quantitative estimate of drug-likeness (QED) is 0.506. The molecule has 0 aliphatic heterocycles. The fraction of sp³-hybridized carbons (Fsp3) is 0.154. The number of halogens is 1. The molecule has 1 N–H and O–H groups in total. The lowest BCUT2D eigenvalue weighted by Crippen LogP contribution is -1.97. The summed E-state index contributed by atoms with van der Waals surface area (Å²) in [4.78, 5) is 13.0. The lowest BCUT2D eigenvalue weighted by molar-refractivity contribution is 0.0606. The molecule has 0 atom stereocenters. The Morgan fingerprint density at radius 2 is 2.16 bits per heavy atom. The Balaban J connectivity index is 1.84. The van der Waals surface area contributed by atoms with Gasteiger partial charge in [0.15, 0.2) is 0 Å². The number of anilines is 1. The van der Waals surface area contributed by atoms with Crippen molar-refractivity contribution in [2.24, 2.45) is 0 Å². The summed E-state index contributed by atoms with van der Waals surface area (Å²) in [6.07, 6.45) is 0. The van der Waals surface area contributed by atoms with Gasteiger partial charge in [-0.15, -0.1) is 23.1 Å². The molecular formula is C13H12ClNO2S2. The molecule has 100 valence electrons. The molecule has 1 aromatic heterocycles. The molecule has 0 saturated heterocycles. The van der Waals surface area contributed by atoms with E-state index >= 15 is 0 Å². The Labute approximate surface area is 124 Å². The molecule has 0 radical (unpaired) electrons. The van der Waals surface area contributed by atoms with E-state index in [2.05, 4.69) is 10.1 Å². The van der Waals surface area contributed by atoms with Crippen LogP contribution in [0.2, 0.25) is 5.02 Å². The Morgan fingerprint density at radius 1 is 1.42 bits per heavy atom. The highest BCUT2D eigenvalue weighted by atomic mass is 35.5. The number of methoxy groups -OCH3 is 1. The first-order valence-electron chi connectivity index (χ1n) is 5.48. The molecule has 0 unspecified atom stereocenters. The number of nitrogens with one attached hydrogen (secondary N) is 1. The van der Waals surface area contributed by atoms with Crippen molar-refractivity contribution in [1.82, 2.24) is 0 Å². The SMILES string of the molecule is COC(=O)c1cc(SCNc2ccc(Cl)cc2)cs1. The highest BCUT2D eigenvalue weighted by Gasteiger charge is 2.08. The predicted octanol–water partition coefficient (Wildman–Crippen LogP) is 4.35. The number of thioether (sulfide) groups is 1. The highest BCUT2D eigenvalue weighted by molar-refractivity contribution is 7.99. The van der Waals surface area contributed by atoms with Gasteiger partial charge in [-0.25, -0.2) is 4.79 Å². The Bertz CT molecular complexity index is 554. The predicted molar refractivity (Wildman–Crippen MR) is 81.5 cm³/mol. The van der Waals surface area contributed by atoms with Crippen LogP contribution in [-0.2, 0) is 4.74 Å². The largest absolute Gasteiger partial charge is 0.465 e. The van der Waals surface area contributed by atoms with Gasteiger partial charge in [-0.05, 0) is 30.3 Å². The maximum atomic E-state index is 11.3. The van der Waals surface area contributed by atoms with E-state index in [9.17, 15) is 4.79 Å². The summed E-state index contributed by atoms with van der Waals surface area (Å²) in [6, 6.07) is 9.38. The molecular weight excluding hydrogens is 302 g/mol. The third-order valence-electron chi connectivity index (χ3n) is 2.32. The minimum Gasteiger partial charge on any atom is -0.465 e. The molecule has 1 heterocycles. The van der Waals surface area contributed by atoms with E-state index in [4.69, 9.17) is 11.6 Å². The van der Waals surface area contributed by atoms with Gasteiger partial charge in [-0.2, -0.15) is 0 Å². The molecule has 0 bridgehead atoms. The van der Waals surface area contributed by atoms with Gasteiger partial charge < -0.3 is 10.1 Å². The highest BCUT2D eigenvalue weighted by Crippen LogP contribution is 2.25. The summed E-state index contributed by atoms with van der Waals surface area (Å²) >= 11 is 8.83. The maximum Gasteiger partial charge on any atom is 0.348 e. The number of benzene rings is 1. The zero-order valence-electron chi connectivity index (χ0n) is 10.2. The number of carbonyl (C=O) groups is 1. The Kier molecular flexibility index (Phi) is 5.13. The number of esters is 1. The molecule has 2 rings (SSSR count). The van der Waals surface area contributed by atoms with E-state index in [-0.39, 0.29) is 5.97 Å². The zero-order chi connectivity index (χ0) is 13.7. The molecule has 1 aromatic carbocycles. The third kappa shape index (κ3) is 4.16. The number of hydrogen-bond donors (Lipinski definition) is 1. The van der Waals surface area contributed by atoms with Crippen LogP contribution in [0, 0.1) is 0 Å². The van der Waals surface area contributed by atoms with Crippen LogP contribution in [0.3, 0.4) is 0 Å². The van der Waals surface area contributed by atoms with E-state index in [0.717, 1.165) is 21.5 Å². The van der Waals surface area contributed by atoms with Crippen molar-refractivity contribution in [3.63, 3.8) is 0 Å². The standard InChI is InChI=1S/C13H12ClNO2S2/c1-17-13(16)12-6-11(7-18-12)19-8-15-10-4-2-9(14)3-5-10/h2-7,15H,8H2,1H3. The van der Waals surface area contributed by atoms with Crippen molar-refractivity contribution < 1.29 is 9.53 Å². The number of ether oxygens (including phenoxy) is 1.